The first-order valence-corrected chi connectivity index (χ1v) is 6.77. The molecule has 0 unspecified atom stereocenters. The fourth-order valence-electron chi connectivity index (χ4n) is 1.20. The lowest BCUT2D eigenvalue weighted by atomic mass is 10.1. The molecule has 0 heterocycles. The molecule has 0 aliphatic heterocycles. The Morgan fingerprint density at radius 3 is 2.38 bits per heavy atom. The summed E-state index contributed by atoms with van der Waals surface area (Å²) < 4.78 is 15.8. The van der Waals surface area contributed by atoms with Crippen LogP contribution >= 0.6 is 7.60 Å². The minimum Gasteiger partial charge on any atom is -0.493 e. The van der Waals surface area contributed by atoms with Crippen LogP contribution in [0.2, 0.25) is 0 Å². The highest BCUT2D eigenvalue weighted by atomic mass is 31.2. The molecule has 1 aromatic carbocycles. The lowest BCUT2D eigenvalue weighted by molar-refractivity contribution is 0.316. The van der Waals surface area contributed by atoms with Gasteiger partial charge in [-0.3, -0.25) is 4.57 Å². The summed E-state index contributed by atoms with van der Waals surface area (Å²) >= 11 is 0. The van der Waals surface area contributed by atoms with E-state index in [4.69, 9.17) is 20.3 Å². The zero-order valence-corrected chi connectivity index (χ0v) is 9.77. The molecule has 5 nitrogen and oxygen atoms in total. The fraction of sp³-hybridized carbons (Fsp3) is 0.400. The average Bonchev–Trinajstić information content (AvgIpc) is 2.19. The van der Waals surface area contributed by atoms with Gasteiger partial charge in [-0.25, -0.2) is 0 Å². The molecule has 0 aliphatic carbocycles. The second kappa shape index (κ2) is 6.01. The molecule has 0 spiro atoms. The van der Waals surface area contributed by atoms with Crippen LogP contribution in [0.1, 0.15) is 5.56 Å². The van der Waals surface area contributed by atoms with E-state index in [2.05, 4.69) is 0 Å². The van der Waals surface area contributed by atoms with E-state index in [-0.39, 0.29) is 12.8 Å². The van der Waals surface area contributed by atoms with Crippen LogP contribution in [0.25, 0.3) is 0 Å². The van der Waals surface area contributed by atoms with E-state index in [0.29, 0.717) is 12.3 Å². The summed E-state index contributed by atoms with van der Waals surface area (Å²) in [4.78, 5) is 17.3. The highest BCUT2D eigenvalue weighted by Crippen LogP contribution is 2.33. The predicted molar refractivity (Wildman–Crippen MR) is 61.6 cm³/mol. The molecule has 0 saturated heterocycles. The van der Waals surface area contributed by atoms with Gasteiger partial charge in [-0.05, 0) is 30.7 Å². The Balaban J connectivity index is 2.40. The van der Waals surface area contributed by atoms with Gasteiger partial charge in [0.05, 0.1) is 12.8 Å². The zero-order valence-electron chi connectivity index (χ0n) is 8.87. The molecule has 0 fully saturated rings. The summed E-state index contributed by atoms with van der Waals surface area (Å²) in [5.41, 5.74) is 6.52. The minimum absolute atomic E-state index is 0.0144. The van der Waals surface area contributed by atoms with Crippen LogP contribution in [0.4, 0.5) is 0 Å². The van der Waals surface area contributed by atoms with Gasteiger partial charge >= 0.3 is 7.60 Å². The van der Waals surface area contributed by atoms with E-state index in [0.717, 1.165) is 12.0 Å². The summed E-state index contributed by atoms with van der Waals surface area (Å²) in [7, 11) is -3.96. The van der Waals surface area contributed by atoms with Gasteiger partial charge in [-0.2, -0.15) is 0 Å². The smallest absolute Gasteiger partial charge is 0.328 e. The Labute approximate surface area is 94.4 Å². The van der Waals surface area contributed by atoms with Crippen molar-refractivity contribution in [3.63, 3.8) is 0 Å². The molecule has 0 saturated carbocycles. The normalized spacial score (nSPS) is 11.4. The van der Waals surface area contributed by atoms with Crippen LogP contribution in [0.3, 0.4) is 0 Å². The highest BCUT2D eigenvalue weighted by molar-refractivity contribution is 7.51. The Morgan fingerprint density at radius 1 is 1.25 bits per heavy atom. The van der Waals surface area contributed by atoms with E-state index in [9.17, 15) is 4.57 Å². The summed E-state index contributed by atoms with van der Waals surface area (Å²) in [6, 6.07) is 7.31. The first-order chi connectivity index (χ1) is 7.51. The van der Waals surface area contributed by atoms with Crippen molar-refractivity contribution in [2.45, 2.75) is 6.42 Å². The van der Waals surface area contributed by atoms with Crippen LogP contribution in [0.5, 0.6) is 5.75 Å². The summed E-state index contributed by atoms with van der Waals surface area (Å²) in [5, 5.41) is 0. The predicted octanol–water partition coefficient (Wildman–Crippen LogP) is 0.744. The largest absolute Gasteiger partial charge is 0.493 e. The first kappa shape index (κ1) is 13.2. The number of ether oxygens (including phenoxy) is 1. The standard InChI is InChI=1S/C10H16NO4P/c11-6-5-9-1-3-10(4-2-9)15-7-8-16(12,13)14/h1-4H,5-8,11H2,(H2,12,13,14). The third-order valence-electron chi connectivity index (χ3n) is 2.01. The van der Waals surface area contributed by atoms with Crippen LogP contribution in [0, 0.1) is 0 Å². The number of hydrogen-bond acceptors (Lipinski definition) is 3. The maximum atomic E-state index is 10.6. The van der Waals surface area contributed by atoms with E-state index in [1.165, 1.54) is 0 Å². The van der Waals surface area contributed by atoms with Crippen LogP contribution in [0.15, 0.2) is 24.3 Å². The van der Waals surface area contributed by atoms with E-state index in [1.807, 2.05) is 12.1 Å². The Hall–Kier alpha value is -0.870. The van der Waals surface area contributed by atoms with Crippen molar-refractivity contribution >= 4 is 7.60 Å². The summed E-state index contributed by atoms with van der Waals surface area (Å²) in [6.45, 7) is 0.610. The molecule has 4 N–H and O–H groups in total. The number of benzene rings is 1. The van der Waals surface area contributed by atoms with E-state index < -0.39 is 7.60 Å². The van der Waals surface area contributed by atoms with Crippen LogP contribution < -0.4 is 10.5 Å². The number of nitrogens with two attached hydrogens (primary N) is 1. The molecule has 16 heavy (non-hydrogen) atoms. The molecule has 0 bridgehead atoms. The van der Waals surface area contributed by atoms with Gasteiger partial charge in [0.15, 0.2) is 0 Å². The second-order valence-electron chi connectivity index (χ2n) is 3.42. The van der Waals surface area contributed by atoms with Crippen LogP contribution in [-0.4, -0.2) is 29.1 Å². The van der Waals surface area contributed by atoms with Crippen molar-refractivity contribution in [2.24, 2.45) is 5.73 Å². The molecular weight excluding hydrogens is 229 g/mol. The number of rotatable bonds is 6. The molecular formula is C10H16NO4P. The monoisotopic (exact) mass is 245 g/mol. The summed E-state index contributed by atoms with van der Waals surface area (Å²) in [6.07, 6.45) is 0.542. The van der Waals surface area contributed by atoms with Gasteiger partial charge in [0, 0.05) is 0 Å². The molecule has 0 amide bonds. The van der Waals surface area contributed by atoms with Crippen molar-refractivity contribution in [1.82, 2.24) is 0 Å². The fourth-order valence-corrected chi connectivity index (χ4v) is 1.53. The van der Waals surface area contributed by atoms with Crippen molar-refractivity contribution in [1.29, 1.82) is 0 Å². The Kier molecular flexibility index (Phi) is 4.96. The first-order valence-electron chi connectivity index (χ1n) is 4.97. The zero-order chi connectivity index (χ0) is 12.0. The Morgan fingerprint density at radius 2 is 1.88 bits per heavy atom. The van der Waals surface area contributed by atoms with Gasteiger partial charge in [0.1, 0.15) is 5.75 Å². The third kappa shape index (κ3) is 5.28. The average molecular weight is 245 g/mol. The van der Waals surface area contributed by atoms with Crippen molar-refractivity contribution in [2.75, 3.05) is 19.3 Å². The van der Waals surface area contributed by atoms with Gasteiger partial charge in [0.2, 0.25) is 0 Å². The number of hydrogen-bond donors (Lipinski definition) is 3. The van der Waals surface area contributed by atoms with Crippen molar-refractivity contribution in [3.05, 3.63) is 29.8 Å². The SMILES string of the molecule is NCCc1ccc(OCCP(=O)(O)O)cc1. The lowest BCUT2D eigenvalue weighted by Crippen LogP contribution is -2.04. The van der Waals surface area contributed by atoms with Gasteiger partial charge in [-0.1, -0.05) is 12.1 Å². The molecule has 0 aliphatic rings. The van der Waals surface area contributed by atoms with E-state index in [1.54, 1.807) is 12.1 Å². The molecule has 0 atom stereocenters. The molecule has 0 radical (unpaired) electrons. The molecule has 1 rings (SSSR count). The lowest BCUT2D eigenvalue weighted by Gasteiger charge is -2.07. The molecule has 0 aromatic heterocycles. The molecule has 90 valence electrons. The molecule has 1 aromatic rings. The Bertz CT molecular complexity index is 360. The third-order valence-corrected chi connectivity index (χ3v) is 2.77. The summed E-state index contributed by atoms with van der Waals surface area (Å²) in [5.74, 6) is 0.606. The minimum atomic E-state index is -3.96. The van der Waals surface area contributed by atoms with Gasteiger partial charge in [0.25, 0.3) is 0 Å². The van der Waals surface area contributed by atoms with Gasteiger partial charge in [-0.15, -0.1) is 0 Å². The van der Waals surface area contributed by atoms with Gasteiger partial charge < -0.3 is 20.3 Å². The maximum Gasteiger partial charge on any atom is 0.328 e. The quantitative estimate of drug-likeness (QED) is 0.643. The second-order valence-corrected chi connectivity index (χ2v) is 5.20. The van der Waals surface area contributed by atoms with Crippen molar-refractivity contribution < 1.29 is 19.1 Å². The molecule has 6 heteroatoms. The van der Waals surface area contributed by atoms with E-state index >= 15 is 0 Å². The topological polar surface area (TPSA) is 92.8 Å². The van der Waals surface area contributed by atoms with Crippen molar-refractivity contribution in [3.8, 4) is 5.75 Å². The highest BCUT2D eigenvalue weighted by Gasteiger charge is 2.12. The maximum absolute atomic E-state index is 10.6. The van der Waals surface area contributed by atoms with Crippen LogP contribution in [-0.2, 0) is 11.0 Å².